The fourth-order valence-corrected chi connectivity index (χ4v) is 5.17. The maximum absolute atomic E-state index is 12.6. The Hall–Kier alpha value is -1.29. The van der Waals surface area contributed by atoms with Gasteiger partial charge in [-0.1, -0.05) is 29.8 Å². The minimum absolute atomic E-state index is 0.240. The topological polar surface area (TPSA) is 17.1 Å². The second-order valence-electron chi connectivity index (χ2n) is 5.94. The molecule has 0 fully saturated rings. The fourth-order valence-electron chi connectivity index (χ4n) is 2.72. The lowest BCUT2D eigenvalue weighted by atomic mass is 10.1. The molecule has 0 aliphatic heterocycles. The Morgan fingerprint density at radius 1 is 1.12 bits per heavy atom. The van der Waals surface area contributed by atoms with Crippen LogP contribution in [0.3, 0.4) is 0 Å². The van der Waals surface area contributed by atoms with Crippen molar-refractivity contribution in [3.8, 4) is 0 Å². The van der Waals surface area contributed by atoms with E-state index in [0.717, 1.165) is 26.8 Å². The van der Waals surface area contributed by atoms with E-state index in [4.69, 9.17) is 11.6 Å². The maximum Gasteiger partial charge on any atom is 0.173 e. The van der Waals surface area contributed by atoms with Crippen LogP contribution in [-0.4, -0.2) is 11.5 Å². The average molecular weight is 375 g/mol. The SMILES string of the molecule is Cc1cc(SCCC(=O)c2sc3ccccc3c2C)c(C)cc1Cl. The smallest absolute Gasteiger partial charge is 0.173 e. The van der Waals surface area contributed by atoms with E-state index in [1.807, 2.05) is 32.0 Å². The molecule has 4 heteroatoms. The predicted molar refractivity (Wildman–Crippen MR) is 107 cm³/mol. The number of carbonyl (C=O) groups excluding carboxylic acids is 1. The Morgan fingerprint density at radius 2 is 1.88 bits per heavy atom. The van der Waals surface area contributed by atoms with E-state index >= 15 is 0 Å². The lowest BCUT2D eigenvalue weighted by Crippen LogP contribution is -2.00. The first-order valence-electron chi connectivity index (χ1n) is 7.88. The lowest BCUT2D eigenvalue weighted by Gasteiger charge is -2.08. The zero-order valence-corrected chi connectivity index (χ0v) is 16.4. The maximum atomic E-state index is 12.6. The highest BCUT2D eigenvalue weighted by atomic mass is 35.5. The van der Waals surface area contributed by atoms with Crippen LogP contribution in [0.4, 0.5) is 0 Å². The van der Waals surface area contributed by atoms with Crippen LogP contribution in [0, 0.1) is 20.8 Å². The van der Waals surface area contributed by atoms with Gasteiger partial charge in [0.1, 0.15) is 0 Å². The third-order valence-corrected chi connectivity index (χ3v) is 7.02. The minimum Gasteiger partial charge on any atom is -0.293 e. The van der Waals surface area contributed by atoms with Crippen molar-refractivity contribution in [3.05, 3.63) is 63.0 Å². The molecule has 1 nitrogen and oxygen atoms in total. The Balaban J connectivity index is 1.69. The van der Waals surface area contributed by atoms with Crippen LogP contribution >= 0.6 is 34.7 Å². The second-order valence-corrected chi connectivity index (χ2v) is 8.54. The van der Waals surface area contributed by atoms with E-state index in [0.29, 0.717) is 6.42 Å². The van der Waals surface area contributed by atoms with Gasteiger partial charge in [-0.15, -0.1) is 23.1 Å². The number of benzene rings is 2. The summed E-state index contributed by atoms with van der Waals surface area (Å²) in [6.07, 6.45) is 0.555. The number of hydrogen-bond donors (Lipinski definition) is 0. The van der Waals surface area contributed by atoms with Crippen LogP contribution in [0.5, 0.6) is 0 Å². The Morgan fingerprint density at radius 3 is 2.62 bits per heavy atom. The molecule has 1 aromatic heterocycles. The number of thiophene rings is 1. The van der Waals surface area contributed by atoms with E-state index in [9.17, 15) is 4.79 Å². The van der Waals surface area contributed by atoms with Crippen molar-refractivity contribution in [2.24, 2.45) is 0 Å². The first-order valence-corrected chi connectivity index (χ1v) is 10.1. The van der Waals surface area contributed by atoms with Crippen LogP contribution in [0.2, 0.25) is 5.02 Å². The van der Waals surface area contributed by atoms with E-state index < -0.39 is 0 Å². The molecular weight excluding hydrogens is 356 g/mol. The first kappa shape index (κ1) is 17.5. The van der Waals surface area contributed by atoms with Gasteiger partial charge >= 0.3 is 0 Å². The number of fused-ring (bicyclic) bond motifs is 1. The zero-order chi connectivity index (χ0) is 17.3. The van der Waals surface area contributed by atoms with Crippen molar-refractivity contribution < 1.29 is 4.79 Å². The summed E-state index contributed by atoms with van der Waals surface area (Å²) in [7, 11) is 0. The molecule has 0 amide bonds. The van der Waals surface area contributed by atoms with E-state index in [-0.39, 0.29) is 5.78 Å². The molecule has 0 spiro atoms. The van der Waals surface area contributed by atoms with Crippen LogP contribution in [0.1, 0.15) is 32.8 Å². The summed E-state index contributed by atoms with van der Waals surface area (Å²) < 4.78 is 1.19. The molecule has 0 aliphatic carbocycles. The number of ketones is 1. The molecule has 0 aliphatic rings. The normalized spacial score (nSPS) is 11.2. The van der Waals surface area contributed by atoms with Crippen LogP contribution in [-0.2, 0) is 0 Å². The number of Topliss-reactive ketones (excluding diaryl/α,β-unsaturated/α-hetero) is 1. The molecule has 3 rings (SSSR count). The van der Waals surface area contributed by atoms with Crippen LogP contribution < -0.4 is 0 Å². The third-order valence-electron chi connectivity index (χ3n) is 4.14. The Kier molecular flexibility index (Phi) is 5.33. The molecule has 0 atom stereocenters. The molecule has 24 heavy (non-hydrogen) atoms. The molecule has 0 saturated heterocycles. The van der Waals surface area contributed by atoms with Crippen LogP contribution in [0.25, 0.3) is 10.1 Å². The molecule has 0 bridgehead atoms. The van der Waals surface area contributed by atoms with Gasteiger partial charge in [-0.05, 0) is 61.0 Å². The van der Waals surface area contributed by atoms with Crippen molar-refractivity contribution in [1.29, 1.82) is 0 Å². The van der Waals surface area contributed by atoms with Crippen molar-refractivity contribution in [3.63, 3.8) is 0 Å². The van der Waals surface area contributed by atoms with Gasteiger partial charge < -0.3 is 0 Å². The van der Waals surface area contributed by atoms with Crippen molar-refractivity contribution in [2.75, 3.05) is 5.75 Å². The molecule has 0 saturated carbocycles. The number of hydrogen-bond acceptors (Lipinski definition) is 3. The summed E-state index contributed by atoms with van der Waals surface area (Å²) in [5.41, 5.74) is 3.36. The first-order chi connectivity index (χ1) is 11.5. The summed E-state index contributed by atoms with van der Waals surface area (Å²) in [5.74, 6) is 1.03. The lowest BCUT2D eigenvalue weighted by molar-refractivity contribution is 0.0993. The molecule has 2 aromatic carbocycles. The minimum atomic E-state index is 0.240. The molecule has 3 aromatic rings. The molecule has 0 N–H and O–H groups in total. The number of thioether (sulfide) groups is 1. The fraction of sp³-hybridized carbons (Fsp3) is 0.250. The van der Waals surface area contributed by atoms with E-state index in [1.165, 1.54) is 20.5 Å². The van der Waals surface area contributed by atoms with Gasteiger partial charge in [0.25, 0.3) is 0 Å². The summed E-state index contributed by atoms with van der Waals surface area (Å²) in [6.45, 7) is 6.12. The Labute approximate surface area is 156 Å². The van der Waals surface area contributed by atoms with Crippen molar-refractivity contribution in [2.45, 2.75) is 32.1 Å². The summed E-state index contributed by atoms with van der Waals surface area (Å²) in [5, 5.41) is 2.00. The highest BCUT2D eigenvalue weighted by Gasteiger charge is 2.15. The zero-order valence-electron chi connectivity index (χ0n) is 14.0. The quantitative estimate of drug-likeness (QED) is 0.359. The highest BCUT2D eigenvalue weighted by molar-refractivity contribution is 7.99. The average Bonchev–Trinajstić information content (AvgIpc) is 2.90. The van der Waals surface area contributed by atoms with Gasteiger partial charge in [0.2, 0.25) is 0 Å². The van der Waals surface area contributed by atoms with Gasteiger partial charge in [-0.2, -0.15) is 0 Å². The van der Waals surface area contributed by atoms with Crippen LogP contribution in [0.15, 0.2) is 41.3 Å². The van der Waals surface area contributed by atoms with Gasteiger partial charge in [-0.3, -0.25) is 4.79 Å². The highest BCUT2D eigenvalue weighted by Crippen LogP contribution is 2.33. The van der Waals surface area contributed by atoms with Gasteiger partial charge in [-0.25, -0.2) is 0 Å². The number of carbonyl (C=O) groups is 1. The van der Waals surface area contributed by atoms with Gasteiger partial charge in [0, 0.05) is 26.8 Å². The van der Waals surface area contributed by atoms with Gasteiger partial charge in [0.05, 0.1) is 4.88 Å². The second kappa shape index (κ2) is 7.30. The summed E-state index contributed by atoms with van der Waals surface area (Å²) >= 11 is 9.48. The van der Waals surface area contributed by atoms with Crippen molar-refractivity contribution >= 4 is 50.6 Å². The summed E-state index contributed by atoms with van der Waals surface area (Å²) in [4.78, 5) is 14.7. The number of halogens is 1. The molecule has 124 valence electrons. The molecule has 0 unspecified atom stereocenters. The Bertz CT molecular complexity index is 911. The standard InChI is InChI=1S/C20H19ClOS2/c1-12-11-19(13(2)10-16(12)21)23-9-8-17(22)20-14(3)15-6-4-5-7-18(15)24-20/h4-7,10-11H,8-9H2,1-3H3. The number of rotatable bonds is 5. The molecular formula is C20H19ClOS2. The molecule has 0 radical (unpaired) electrons. The molecule has 1 heterocycles. The van der Waals surface area contributed by atoms with Gasteiger partial charge in [0.15, 0.2) is 5.78 Å². The largest absolute Gasteiger partial charge is 0.293 e. The number of aryl methyl sites for hydroxylation is 3. The third kappa shape index (κ3) is 3.53. The van der Waals surface area contributed by atoms with E-state index in [2.05, 4.69) is 25.1 Å². The monoisotopic (exact) mass is 374 g/mol. The summed E-state index contributed by atoms with van der Waals surface area (Å²) in [6, 6.07) is 12.3. The van der Waals surface area contributed by atoms with E-state index in [1.54, 1.807) is 23.1 Å². The van der Waals surface area contributed by atoms with Crippen molar-refractivity contribution in [1.82, 2.24) is 0 Å². The predicted octanol–water partition coefficient (Wildman–Crippen LogP) is 6.85.